The van der Waals surface area contributed by atoms with E-state index in [4.69, 9.17) is 9.47 Å². The molecule has 0 unspecified atom stereocenters. The first kappa shape index (κ1) is 18.8. The highest BCUT2D eigenvalue weighted by molar-refractivity contribution is 5.95. The van der Waals surface area contributed by atoms with Gasteiger partial charge in [-0.1, -0.05) is 0 Å². The van der Waals surface area contributed by atoms with Gasteiger partial charge in [0, 0.05) is 29.0 Å². The lowest BCUT2D eigenvalue weighted by molar-refractivity contribution is -0.137. The van der Waals surface area contributed by atoms with E-state index in [1.807, 2.05) is 19.9 Å². The van der Waals surface area contributed by atoms with Gasteiger partial charge in [-0.05, 0) is 50.2 Å². The Kier molecular flexibility index (Phi) is 5.39. The van der Waals surface area contributed by atoms with Crippen LogP contribution in [0.1, 0.15) is 19.4 Å². The summed E-state index contributed by atoms with van der Waals surface area (Å²) in [7, 11) is 0. The maximum atomic E-state index is 12.7. The van der Waals surface area contributed by atoms with Crippen LogP contribution in [0.25, 0.3) is 10.9 Å². The number of hydrogen-bond donors (Lipinski definition) is 1. The molecule has 3 aromatic rings. The SMILES string of the molecule is CCOc1cc2nccc(Nc3ccc(C(F)(F)F)cc3)c2cc1OCC. The van der Waals surface area contributed by atoms with Gasteiger partial charge in [-0.2, -0.15) is 13.2 Å². The lowest BCUT2D eigenvalue weighted by Crippen LogP contribution is -2.04. The molecule has 4 nitrogen and oxygen atoms in total. The third-order valence-electron chi connectivity index (χ3n) is 3.90. The number of fused-ring (bicyclic) bond motifs is 1. The molecule has 2 aromatic carbocycles. The Morgan fingerprint density at radius 2 is 1.56 bits per heavy atom. The standard InChI is InChI=1S/C20H19F3N2O2/c1-3-26-18-11-15-16(9-10-24-17(15)12-19(18)27-4-2)25-14-7-5-13(6-8-14)20(21,22)23/h5-12H,3-4H2,1-2H3,(H,24,25). The summed E-state index contributed by atoms with van der Waals surface area (Å²) in [6.45, 7) is 4.74. The van der Waals surface area contributed by atoms with Crippen molar-refractivity contribution >= 4 is 22.3 Å². The number of ether oxygens (including phenoxy) is 2. The number of aromatic nitrogens is 1. The number of hydrogen-bond acceptors (Lipinski definition) is 4. The molecule has 27 heavy (non-hydrogen) atoms. The molecule has 142 valence electrons. The van der Waals surface area contributed by atoms with Crippen molar-refractivity contribution in [3.8, 4) is 11.5 Å². The van der Waals surface area contributed by atoms with Crippen molar-refractivity contribution in [3.05, 3.63) is 54.2 Å². The van der Waals surface area contributed by atoms with E-state index >= 15 is 0 Å². The lowest BCUT2D eigenvalue weighted by Gasteiger charge is -2.15. The van der Waals surface area contributed by atoms with Crippen molar-refractivity contribution < 1.29 is 22.6 Å². The maximum absolute atomic E-state index is 12.7. The number of halogens is 3. The summed E-state index contributed by atoms with van der Waals surface area (Å²) in [6.07, 6.45) is -2.73. The Labute approximate surface area is 154 Å². The van der Waals surface area contributed by atoms with E-state index in [-0.39, 0.29) is 0 Å². The van der Waals surface area contributed by atoms with E-state index in [0.717, 1.165) is 17.5 Å². The third kappa shape index (κ3) is 4.24. The van der Waals surface area contributed by atoms with Crippen LogP contribution in [-0.2, 0) is 6.18 Å². The molecule has 1 aromatic heterocycles. The molecule has 0 atom stereocenters. The minimum atomic E-state index is -4.36. The van der Waals surface area contributed by atoms with E-state index < -0.39 is 11.7 Å². The van der Waals surface area contributed by atoms with Crippen LogP contribution in [0.5, 0.6) is 11.5 Å². The minimum absolute atomic E-state index is 0.480. The van der Waals surface area contributed by atoms with Gasteiger partial charge in [0.05, 0.1) is 24.3 Å². The first-order chi connectivity index (χ1) is 12.9. The summed E-state index contributed by atoms with van der Waals surface area (Å²) < 4.78 is 49.4. The molecule has 0 spiro atoms. The summed E-state index contributed by atoms with van der Waals surface area (Å²) in [5.41, 5.74) is 1.26. The molecule has 1 N–H and O–H groups in total. The highest BCUT2D eigenvalue weighted by Gasteiger charge is 2.29. The maximum Gasteiger partial charge on any atom is 0.416 e. The topological polar surface area (TPSA) is 43.4 Å². The predicted molar refractivity (Wildman–Crippen MR) is 98.8 cm³/mol. The Morgan fingerprint density at radius 1 is 0.926 bits per heavy atom. The van der Waals surface area contributed by atoms with Crippen molar-refractivity contribution in [2.75, 3.05) is 18.5 Å². The molecular formula is C20H19F3N2O2. The first-order valence-electron chi connectivity index (χ1n) is 8.55. The fourth-order valence-electron chi connectivity index (χ4n) is 2.70. The van der Waals surface area contributed by atoms with Crippen molar-refractivity contribution in [2.45, 2.75) is 20.0 Å². The van der Waals surface area contributed by atoms with Crippen molar-refractivity contribution in [1.82, 2.24) is 4.98 Å². The molecule has 7 heteroatoms. The highest BCUT2D eigenvalue weighted by atomic mass is 19.4. The molecule has 0 bridgehead atoms. The van der Waals surface area contributed by atoms with Crippen LogP contribution in [0.15, 0.2) is 48.7 Å². The van der Waals surface area contributed by atoms with Crippen LogP contribution >= 0.6 is 0 Å². The predicted octanol–water partition coefficient (Wildman–Crippen LogP) is 5.79. The zero-order valence-corrected chi connectivity index (χ0v) is 14.9. The number of nitrogens with one attached hydrogen (secondary N) is 1. The van der Waals surface area contributed by atoms with E-state index in [0.29, 0.717) is 41.6 Å². The minimum Gasteiger partial charge on any atom is -0.490 e. The fraction of sp³-hybridized carbons (Fsp3) is 0.250. The van der Waals surface area contributed by atoms with Gasteiger partial charge < -0.3 is 14.8 Å². The molecule has 0 amide bonds. The summed E-state index contributed by atoms with van der Waals surface area (Å²) in [4.78, 5) is 4.35. The zero-order chi connectivity index (χ0) is 19.4. The third-order valence-corrected chi connectivity index (χ3v) is 3.90. The number of anilines is 2. The van der Waals surface area contributed by atoms with Gasteiger partial charge in [0.2, 0.25) is 0 Å². The second-order valence-corrected chi connectivity index (χ2v) is 5.74. The number of alkyl halides is 3. The molecule has 0 aliphatic carbocycles. The van der Waals surface area contributed by atoms with Crippen LogP contribution in [0.4, 0.5) is 24.5 Å². The average Bonchev–Trinajstić information content (AvgIpc) is 2.63. The normalized spacial score (nSPS) is 11.4. The second-order valence-electron chi connectivity index (χ2n) is 5.74. The lowest BCUT2D eigenvalue weighted by atomic mass is 10.1. The molecule has 3 rings (SSSR count). The van der Waals surface area contributed by atoms with Gasteiger partial charge in [0.15, 0.2) is 11.5 Å². The molecule has 0 saturated heterocycles. The molecule has 0 saturated carbocycles. The van der Waals surface area contributed by atoms with Crippen LogP contribution in [0.2, 0.25) is 0 Å². The molecule has 0 radical (unpaired) electrons. The van der Waals surface area contributed by atoms with E-state index in [1.165, 1.54) is 12.1 Å². The van der Waals surface area contributed by atoms with Crippen LogP contribution < -0.4 is 14.8 Å². The van der Waals surface area contributed by atoms with Crippen molar-refractivity contribution in [1.29, 1.82) is 0 Å². The van der Waals surface area contributed by atoms with Crippen molar-refractivity contribution in [3.63, 3.8) is 0 Å². The van der Waals surface area contributed by atoms with E-state index in [2.05, 4.69) is 10.3 Å². The highest BCUT2D eigenvalue weighted by Crippen LogP contribution is 2.36. The van der Waals surface area contributed by atoms with Gasteiger partial charge in [-0.25, -0.2) is 0 Å². The number of rotatable bonds is 6. The monoisotopic (exact) mass is 376 g/mol. The first-order valence-corrected chi connectivity index (χ1v) is 8.55. The second kappa shape index (κ2) is 7.73. The molecular weight excluding hydrogens is 357 g/mol. The molecule has 1 heterocycles. The Morgan fingerprint density at radius 3 is 2.15 bits per heavy atom. The quantitative estimate of drug-likeness (QED) is 0.591. The summed E-state index contributed by atoms with van der Waals surface area (Å²) >= 11 is 0. The summed E-state index contributed by atoms with van der Waals surface area (Å²) in [5, 5.41) is 3.92. The largest absolute Gasteiger partial charge is 0.490 e. The molecule has 0 fully saturated rings. The van der Waals surface area contributed by atoms with Gasteiger partial charge in [-0.3, -0.25) is 4.98 Å². The van der Waals surface area contributed by atoms with Gasteiger partial charge >= 0.3 is 6.18 Å². The van der Waals surface area contributed by atoms with Crippen LogP contribution in [0.3, 0.4) is 0 Å². The van der Waals surface area contributed by atoms with Gasteiger partial charge in [0.25, 0.3) is 0 Å². The van der Waals surface area contributed by atoms with Crippen molar-refractivity contribution in [2.24, 2.45) is 0 Å². The number of pyridine rings is 1. The van der Waals surface area contributed by atoms with E-state index in [9.17, 15) is 13.2 Å². The Hall–Kier alpha value is -2.96. The van der Waals surface area contributed by atoms with Crippen LogP contribution in [0, 0.1) is 0 Å². The Bertz CT molecular complexity index is 925. The van der Waals surface area contributed by atoms with Gasteiger partial charge in [-0.15, -0.1) is 0 Å². The molecule has 0 aliphatic rings. The number of nitrogens with zero attached hydrogens (tertiary/aromatic N) is 1. The number of benzene rings is 2. The summed E-state index contributed by atoms with van der Waals surface area (Å²) in [6, 6.07) is 10.3. The van der Waals surface area contributed by atoms with Crippen LogP contribution in [-0.4, -0.2) is 18.2 Å². The zero-order valence-electron chi connectivity index (χ0n) is 14.9. The summed E-state index contributed by atoms with van der Waals surface area (Å²) in [5.74, 6) is 1.20. The molecule has 0 aliphatic heterocycles. The fourth-order valence-corrected chi connectivity index (χ4v) is 2.70. The van der Waals surface area contributed by atoms with E-state index in [1.54, 1.807) is 18.3 Å². The van der Waals surface area contributed by atoms with Gasteiger partial charge in [0.1, 0.15) is 0 Å². The smallest absolute Gasteiger partial charge is 0.416 e. The Balaban J connectivity index is 1.97. The average molecular weight is 376 g/mol.